The molecule has 0 unspecified atom stereocenters. The van der Waals surface area contributed by atoms with Crippen LogP contribution in [-0.2, 0) is 17.9 Å². The van der Waals surface area contributed by atoms with Crippen LogP contribution in [0.2, 0.25) is 0 Å². The van der Waals surface area contributed by atoms with Gasteiger partial charge in [-0.05, 0) is 79.3 Å². The molecule has 1 aliphatic heterocycles. The van der Waals surface area contributed by atoms with Crippen LogP contribution in [0.5, 0.6) is 0 Å². The van der Waals surface area contributed by atoms with Gasteiger partial charge in [-0.1, -0.05) is 31.4 Å². The van der Waals surface area contributed by atoms with E-state index in [1.165, 1.54) is 30.4 Å². The smallest absolute Gasteiger partial charge is 0.322 e. The first-order chi connectivity index (χ1) is 16.2. The predicted molar refractivity (Wildman–Crippen MR) is 129 cm³/mol. The number of carbonyl (C=O) groups excluding carboxylic acids is 2. The summed E-state index contributed by atoms with van der Waals surface area (Å²) in [7, 11) is 0. The summed E-state index contributed by atoms with van der Waals surface area (Å²) in [6, 6.07) is 10.5. The Morgan fingerprint density at radius 1 is 0.848 bits per heavy atom. The number of aromatic nitrogens is 1. The molecular weight excluding hydrogens is 412 g/mol. The van der Waals surface area contributed by atoms with E-state index < -0.39 is 0 Å². The molecule has 0 radical (unpaired) electrons. The van der Waals surface area contributed by atoms with Gasteiger partial charge in [0.15, 0.2) is 0 Å². The minimum atomic E-state index is -0.0758. The lowest BCUT2D eigenvalue weighted by atomic mass is 9.81. The molecule has 0 spiro atoms. The molecule has 3 amide bonds. The lowest BCUT2D eigenvalue weighted by molar-refractivity contribution is -0.126. The first-order valence-corrected chi connectivity index (χ1v) is 12.5. The molecule has 0 saturated heterocycles. The number of carbonyl (C=O) groups is 2. The number of nitrogens with one attached hydrogen (secondary N) is 2. The summed E-state index contributed by atoms with van der Waals surface area (Å²) in [5.41, 5.74) is 4.44. The van der Waals surface area contributed by atoms with E-state index in [4.69, 9.17) is 0 Å². The number of anilines is 1. The van der Waals surface area contributed by atoms with Gasteiger partial charge in [0.2, 0.25) is 5.91 Å². The maximum absolute atomic E-state index is 12.7. The Kier molecular flexibility index (Phi) is 6.60. The number of hydrogen-bond donors (Lipinski definition) is 2. The van der Waals surface area contributed by atoms with Crippen molar-refractivity contribution in [3.8, 4) is 0 Å². The van der Waals surface area contributed by atoms with Gasteiger partial charge in [-0.2, -0.15) is 0 Å². The normalized spacial score (nSPS) is 23.1. The van der Waals surface area contributed by atoms with Crippen molar-refractivity contribution >= 4 is 17.6 Å². The van der Waals surface area contributed by atoms with Crippen molar-refractivity contribution in [2.24, 2.45) is 5.92 Å². The van der Waals surface area contributed by atoms with Crippen LogP contribution < -0.4 is 10.6 Å². The number of benzene rings is 1. The van der Waals surface area contributed by atoms with Crippen LogP contribution in [0.1, 0.15) is 80.4 Å². The van der Waals surface area contributed by atoms with Gasteiger partial charge in [-0.3, -0.25) is 9.78 Å². The Morgan fingerprint density at radius 2 is 1.58 bits per heavy atom. The summed E-state index contributed by atoms with van der Waals surface area (Å²) in [5.74, 6) is 1.05. The molecule has 174 valence electrons. The molecule has 3 aliphatic rings. The molecule has 2 saturated carbocycles. The van der Waals surface area contributed by atoms with E-state index in [-0.39, 0.29) is 17.9 Å². The highest BCUT2D eigenvalue weighted by Crippen LogP contribution is 2.34. The van der Waals surface area contributed by atoms with E-state index in [0.717, 1.165) is 49.8 Å². The van der Waals surface area contributed by atoms with Crippen molar-refractivity contribution in [3.63, 3.8) is 0 Å². The zero-order valence-electron chi connectivity index (χ0n) is 19.3. The lowest BCUT2D eigenvalue weighted by Gasteiger charge is -2.31. The van der Waals surface area contributed by atoms with E-state index in [1.807, 2.05) is 29.3 Å². The zero-order chi connectivity index (χ0) is 22.6. The average Bonchev–Trinajstić information content (AvgIpc) is 3.30. The molecule has 2 fully saturated rings. The molecule has 5 rings (SSSR count). The second-order valence-corrected chi connectivity index (χ2v) is 9.94. The van der Waals surface area contributed by atoms with Gasteiger partial charge in [0.25, 0.3) is 0 Å². The Bertz CT molecular complexity index is 951. The quantitative estimate of drug-likeness (QED) is 0.665. The monoisotopic (exact) mass is 446 g/mol. The maximum Gasteiger partial charge on any atom is 0.322 e. The molecule has 1 aromatic carbocycles. The van der Waals surface area contributed by atoms with Crippen LogP contribution in [0, 0.1) is 5.92 Å². The Labute approximate surface area is 196 Å². The Morgan fingerprint density at radius 3 is 2.30 bits per heavy atom. The number of urea groups is 1. The number of pyridine rings is 1. The van der Waals surface area contributed by atoms with Crippen molar-refractivity contribution in [3.05, 3.63) is 59.4 Å². The van der Waals surface area contributed by atoms with Gasteiger partial charge in [0.05, 0.1) is 0 Å². The fourth-order valence-electron chi connectivity index (χ4n) is 5.66. The van der Waals surface area contributed by atoms with Crippen LogP contribution in [0.4, 0.5) is 10.5 Å². The Balaban J connectivity index is 1.09. The molecule has 1 aromatic heterocycles. The van der Waals surface area contributed by atoms with Gasteiger partial charge in [0.1, 0.15) is 0 Å². The van der Waals surface area contributed by atoms with Gasteiger partial charge in [-0.15, -0.1) is 0 Å². The van der Waals surface area contributed by atoms with Crippen LogP contribution in [0.15, 0.2) is 42.7 Å². The fourth-order valence-corrected chi connectivity index (χ4v) is 5.66. The van der Waals surface area contributed by atoms with Crippen LogP contribution in [0.3, 0.4) is 0 Å². The number of nitrogens with zero attached hydrogens (tertiary/aromatic N) is 2. The van der Waals surface area contributed by atoms with E-state index >= 15 is 0 Å². The molecule has 0 bridgehead atoms. The topological polar surface area (TPSA) is 74.3 Å². The molecular formula is C27H34N4O2. The minimum Gasteiger partial charge on any atom is -0.353 e. The van der Waals surface area contributed by atoms with Gasteiger partial charge in [0, 0.05) is 43.1 Å². The summed E-state index contributed by atoms with van der Waals surface area (Å²) in [6.07, 6.45) is 13.7. The van der Waals surface area contributed by atoms with Gasteiger partial charge >= 0.3 is 6.03 Å². The number of hydrogen-bond acceptors (Lipinski definition) is 3. The van der Waals surface area contributed by atoms with Crippen molar-refractivity contribution < 1.29 is 9.59 Å². The third kappa shape index (κ3) is 5.21. The lowest BCUT2D eigenvalue weighted by Crippen LogP contribution is -2.41. The maximum atomic E-state index is 12.7. The number of amides is 3. The predicted octanol–water partition coefficient (Wildman–Crippen LogP) is 5.35. The highest BCUT2D eigenvalue weighted by atomic mass is 16.2. The fraction of sp³-hybridized carbons (Fsp3) is 0.519. The standard InChI is InChI=1S/C27H34N4O2/c32-26(21-4-2-1-3-5-21)29-24-10-6-19(7-11-24)20-8-12-25(13-9-20)30-27(33)31-17-22-14-15-28-16-23(22)18-31/h8-9,12-16,19,21,24H,1-7,10-11,17-18H2,(H,29,32)(H,30,33)/t19-,24+. The van der Waals surface area contributed by atoms with Crippen molar-refractivity contribution in [2.45, 2.75) is 82.8 Å². The van der Waals surface area contributed by atoms with Crippen molar-refractivity contribution in [1.29, 1.82) is 0 Å². The third-order valence-electron chi connectivity index (χ3n) is 7.70. The van der Waals surface area contributed by atoms with E-state index in [9.17, 15) is 9.59 Å². The summed E-state index contributed by atoms with van der Waals surface area (Å²) in [4.78, 5) is 31.2. The van der Waals surface area contributed by atoms with Crippen LogP contribution >= 0.6 is 0 Å². The molecule has 6 heteroatoms. The van der Waals surface area contributed by atoms with E-state index in [2.05, 4.69) is 27.8 Å². The summed E-state index contributed by atoms with van der Waals surface area (Å²) < 4.78 is 0. The average molecular weight is 447 g/mol. The van der Waals surface area contributed by atoms with Crippen LogP contribution in [-0.4, -0.2) is 27.9 Å². The zero-order valence-corrected chi connectivity index (χ0v) is 19.3. The second-order valence-electron chi connectivity index (χ2n) is 9.94. The molecule has 0 atom stereocenters. The number of rotatable bonds is 4. The molecule has 2 heterocycles. The van der Waals surface area contributed by atoms with E-state index in [0.29, 0.717) is 25.0 Å². The molecule has 33 heavy (non-hydrogen) atoms. The summed E-state index contributed by atoms with van der Waals surface area (Å²) in [5, 5.41) is 6.36. The molecule has 2 aliphatic carbocycles. The minimum absolute atomic E-state index is 0.0758. The number of fused-ring (bicyclic) bond motifs is 1. The van der Waals surface area contributed by atoms with Crippen molar-refractivity contribution in [1.82, 2.24) is 15.2 Å². The first-order valence-electron chi connectivity index (χ1n) is 12.5. The third-order valence-corrected chi connectivity index (χ3v) is 7.70. The highest BCUT2D eigenvalue weighted by Gasteiger charge is 2.27. The van der Waals surface area contributed by atoms with Gasteiger partial charge < -0.3 is 15.5 Å². The summed E-state index contributed by atoms with van der Waals surface area (Å²) in [6.45, 7) is 1.23. The van der Waals surface area contributed by atoms with Gasteiger partial charge in [-0.25, -0.2) is 4.79 Å². The SMILES string of the molecule is O=C(N[C@H]1CC[C@@H](c2ccc(NC(=O)N3Cc4ccncc4C3)cc2)CC1)C1CCCCC1. The molecule has 2 aromatic rings. The molecule has 2 N–H and O–H groups in total. The Hall–Kier alpha value is -2.89. The second kappa shape index (κ2) is 9.94. The highest BCUT2D eigenvalue weighted by molar-refractivity contribution is 5.89. The summed E-state index contributed by atoms with van der Waals surface area (Å²) >= 11 is 0. The molecule has 6 nitrogen and oxygen atoms in total. The largest absolute Gasteiger partial charge is 0.353 e. The first kappa shape index (κ1) is 21.9. The van der Waals surface area contributed by atoms with E-state index in [1.54, 1.807) is 6.20 Å². The van der Waals surface area contributed by atoms with Crippen molar-refractivity contribution in [2.75, 3.05) is 5.32 Å². The van der Waals surface area contributed by atoms with Crippen LogP contribution in [0.25, 0.3) is 0 Å².